The van der Waals surface area contributed by atoms with E-state index in [1.165, 1.54) is 76.8 Å². The number of rotatable bonds is 6. The summed E-state index contributed by atoms with van der Waals surface area (Å²) in [7, 11) is -1.42. The zero-order valence-corrected chi connectivity index (χ0v) is 30.2. The van der Waals surface area contributed by atoms with E-state index in [0.29, 0.717) is 0 Å². The van der Waals surface area contributed by atoms with Gasteiger partial charge in [0, 0.05) is 0 Å². The van der Waals surface area contributed by atoms with Crippen molar-refractivity contribution >= 4 is 43.6 Å². The number of hydrogen-bond donors (Lipinski definition) is 0. The third-order valence-electron chi connectivity index (χ3n) is 7.97. The number of halogens is 2. The van der Waals surface area contributed by atoms with E-state index in [1.807, 2.05) is 0 Å². The van der Waals surface area contributed by atoms with Crippen LogP contribution in [0.4, 0.5) is 0 Å². The van der Waals surface area contributed by atoms with E-state index in [9.17, 15) is 0 Å². The SMILES string of the molecule is CCc1ccc2c(c1)[cH-]c1c(C3=CC=CC3)c(CC)c([Si](C)(C)C)cc12.[Cl-].[Cl-].[Zr+2]=[C](c1ccccc1)c1ccccc1. The molecule has 0 nitrogen and oxygen atoms in total. The molecule has 0 atom stereocenters. The Morgan fingerprint density at radius 1 is 0.786 bits per heavy atom. The Bertz CT molecular complexity index is 1680. The first-order chi connectivity index (χ1) is 19.3. The molecule has 0 heterocycles. The Kier molecular flexibility index (Phi) is 12.2. The summed E-state index contributed by atoms with van der Waals surface area (Å²) < 4.78 is 1.42. The van der Waals surface area contributed by atoms with Gasteiger partial charge in [-0.15, -0.1) is 33.7 Å². The van der Waals surface area contributed by atoms with Crippen LogP contribution in [0.2, 0.25) is 19.6 Å². The van der Waals surface area contributed by atoms with Crippen molar-refractivity contribution in [2.75, 3.05) is 0 Å². The number of allylic oxidation sites excluding steroid dienone is 4. The number of hydrogen-bond acceptors (Lipinski definition) is 0. The van der Waals surface area contributed by atoms with Crippen LogP contribution >= 0.6 is 0 Å². The minimum absolute atomic E-state index is 0. The molecule has 5 aromatic rings. The van der Waals surface area contributed by atoms with E-state index in [2.05, 4.69) is 143 Å². The Morgan fingerprint density at radius 3 is 1.90 bits per heavy atom. The van der Waals surface area contributed by atoms with Gasteiger partial charge in [0.2, 0.25) is 0 Å². The average molecular weight is 686 g/mol. The molecule has 0 radical (unpaired) electrons. The van der Waals surface area contributed by atoms with Crippen LogP contribution in [0.1, 0.15) is 48.1 Å². The fourth-order valence-corrected chi connectivity index (χ4v) is 8.48. The number of aryl methyl sites for hydroxylation is 1. The number of benzene rings is 4. The van der Waals surface area contributed by atoms with Crippen molar-refractivity contribution in [2.24, 2.45) is 0 Å². The zero-order valence-electron chi connectivity index (χ0n) is 25.3. The van der Waals surface area contributed by atoms with Gasteiger partial charge in [-0.05, 0) is 19.3 Å². The molecule has 0 saturated heterocycles. The molecule has 0 amide bonds. The molecular formula is C38H39Cl2SiZr-. The fourth-order valence-electron chi connectivity index (χ4n) is 5.88. The molecule has 0 aliphatic heterocycles. The Labute approximate surface area is 280 Å². The van der Waals surface area contributed by atoms with E-state index in [0.717, 1.165) is 19.3 Å². The van der Waals surface area contributed by atoms with Crippen LogP contribution in [0.25, 0.3) is 27.1 Å². The second kappa shape index (κ2) is 15.0. The molecule has 6 rings (SSSR count). The standard InChI is InChI=1S/C25H29Si.C13H10.2ClH.Zr/c1-6-17-12-13-21-19(14-17)15-23-22(21)16-24(26(3,4)5)20(7-2)25(23)18-10-8-9-11-18;1-3-7-12(8-4-1)11-13-9-5-2-6-10-13;;;/h8-10,12-16H,6-7,11H2,1-5H3;1-10H;2*1H;/q-1;;;;+2/p-2. The van der Waals surface area contributed by atoms with Gasteiger partial charge in [-0.1, -0.05) is 97.4 Å². The molecular weight excluding hydrogens is 647 g/mol. The van der Waals surface area contributed by atoms with Crippen molar-refractivity contribution in [3.05, 3.63) is 137 Å². The summed E-state index contributed by atoms with van der Waals surface area (Å²) in [6.45, 7) is 12.0. The minimum atomic E-state index is -1.42. The van der Waals surface area contributed by atoms with Crippen LogP contribution in [0, 0.1) is 0 Å². The van der Waals surface area contributed by atoms with Gasteiger partial charge in [-0.25, -0.2) is 0 Å². The van der Waals surface area contributed by atoms with Gasteiger partial charge < -0.3 is 24.8 Å². The second-order valence-corrected chi connectivity index (χ2v) is 18.0. The molecule has 42 heavy (non-hydrogen) atoms. The van der Waals surface area contributed by atoms with E-state index in [-0.39, 0.29) is 24.8 Å². The molecule has 0 unspecified atom stereocenters. The van der Waals surface area contributed by atoms with Gasteiger partial charge >= 0.3 is 99.2 Å². The summed E-state index contributed by atoms with van der Waals surface area (Å²) in [6, 6.07) is 33.1. The first kappa shape index (κ1) is 34.3. The van der Waals surface area contributed by atoms with Gasteiger partial charge in [0.15, 0.2) is 0 Å². The molecule has 0 aromatic heterocycles. The maximum absolute atomic E-state index is 2.54. The first-order valence-corrected chi connectivity index (χ1v) is 19.3. The van der Waals surface area contributed by atoms with Crippen molar-refractivity contribution < 1.29 is 49.0 Å². The summed E-state index contributed by atoms with van der Waals surface area (Å²) in [5.41, 5.74) is 8.71. The van der Waals surface area contributed by atoms with Crippen molar-refractivity contribution in [1.29, 1.82) is 0 Å². The van der Waals surface area contributed by atoms with Gasteiger partial charge in [0.25, 0.3) is 0 Å². The second-order valence-electron chi connectivity index (χ2n) is 11.7. The molecule has 214 valence electrons. The Morgan fingerprint density at radius 2 is 1.40 bits per heavy atom. The first-order valence-electron chi connectivity index (χ1n) is 14.6. The third kappa shape index (κ3) is 7.28. The van der Waals surface area contributed by atoms with Crippen molar-refractivity contribution in [2.45, 2.75) is 52.8 Å². The van der Waals surface area contributed by atoms with Gasteiger partial charge in [-0.2, -0.15) is 0 Å². The van der Waals surface area contributed by atoms with E-state index < -0.39 is 8.07 Å². The molecule has 1 aliphatic rings. The topological polar surface area (TPSA) is 0 Å². The zero-order chi connectivity index (χ0) is 28.3. The van der Waals surface area contributed by atoms with Crippen LogP contribution in [0.15, 0.2) is 109 Å². The van der Waals surface area contributed by atoms with Gasteiger partial charge in [0.1, 0.15) is 0 Å². The Balaban J connectivity index is 0.000000258. The summed E-state index contributed by atoms with van der Waals surface area (Å²) >= 11 is 1.46. The summed E-state index contributed by atoms with van der Waals surface area (Å²) in [4.78, 5) is 0. The van der Waals surface area contributed by atoms with Crippen molar-refractivity contribution in [1.82, 2.24) is 0 Å². The monoisotopic (exact) mass is 683 g/mol. The van der Waals surface area contributed by atoms with E-state index >= 15 is 0 Å². The van der Waals surface area contributed by atoms with Crippen LogP contribution in [-0.2, 0) is 37.1 Å². The quantitative estimate of drug-likeness (QED) is 0.190. The average Bonchev–Trinajstić information content (AvgIpc) is 3.64. The molecule has 5 aromatic carbocycles. The van der Waals surface area contributed by atoms with Crippen LogP contribution < -0.4 is 30.0 Å². The molecule has 1 aliphatic carbocycles. The summed E-state index contributed by atoms with van der Waals surface area (Å²) in [6.07, 6.45) is 10.1. The van der Waals surface area contributed by atoms with Crippen molar-refractivity contribution in [3.63, 3.8) is 0 Å². The van der Waals surface area contributed by atoms with Crippen LogP contribution in [0.3, 0.4) is 0 Å². The fraction of sp³-hybridized carbons (Fsp3) is 0.211. The molecule has 0 fully saturated rings. The summed E-state index contributed by atoms with van der Waals surface area (Å²) in [5, 5.41) is 7.39. The molecule has 4 heteroatoms. The molecule has 0 N–H and O–H groups in total. The van der Waals surface area contributed by atoms with Gasteiger partial charge in [-0.3, -0.25) is 0 Å². The maximum atomic E-state index is 2.54. The third-order valence-corrected chi connectivity index (χ3v) is 11.4. The van der Waals surface area contributed by atoms with E-state index in [4.69, 9.17) is 0 Å². The van der Waals surface area contributed by atoms with Crippen LogP contribution in [0.5, 0.6) is 0 Å². The van der Waals surface area contributed by atoms with Crippen molar-refractivity contribution in [3.8, 4) is 0 Å². The van der Waals surface area contributed by atoms with Gasteiger partial charge in [0.05, 0.1) is 8.07 Å². The molecule has 0 spiro atoms. The predicted octanol–water partition coefficient (Wildman–Crippen LogP) is 3.54. The Hall–Kier alpha value is -2.22. The normalized spacial score (nSPS) is 12.3. The van der Waals surface area contributed by atoms with E-state index in [1.54, 1.807) is 10.8 Å². The summed E-state index contributed by atoms with van der Waals surface area (Å²) in [5.74, 6) is 0. The van der Waals surface area contributed by atoms with Crippen LogP contribution in [-0.4, -0.2) is 11.3 Å². The number of fused-ring (bicyclic) bond motifs is 3. The predicted molar refractivity (Wildman–Crippen MR) is 177 cm³/mol. The molecule has 0 bridgehead atoms. The molecule has 0 saturated carbocycles.